The lowest BCUT2D eigenvalue weighted by Gasteiger charge is -2.24. The molecule has 1 aromatic heterocycles. The van der Waals surface area contributed by atoms with Crippen LogP contribution in [0.1, 0.15) is 30.4 Å². The van der Waals surface area contributed by atoms with Crippen molar-refractivity contribution in [1.82, 2.24) is 20.2 Å². The minimum Gasteiger partial charge on any atom is -0.375 e. The topological polar surface area (TPSA) is 70.6 Å². The number of hydrogen-bond donors (Lipinski definition) is 1. The second-order valence-electron chi connectivity index (χ2n) is 5.68. The molecule has 1 atom stereocenters. The molecule has 1 N–H and O–H groups in total. The summed E-state index contributed by atoms with van der Waals surface area (Å²) in [6.07, 6.45) is 1.86. The van der Waals surface area contributed by atoms with Crippen LogP contribution in [-0.4, -0.2) is 62.2 Å². The van der Waals surface area contributed by atoms with E-state index in [9.17, 15) is 4.79 Å². The van der Waals surface area contributed by atoms with Gasteiger partial charge in [0.05, 0.1) is 11.7 Å². The maximum absolute atomic E-state index is 12.2. The number of aromatic nitrogens is 2. The SMILES string of the molecule is CNCc1cc(N(C)C)nc(C2CCCN2C(=O)COC)n1. The molecule has 1 unspecified atom stereocenters. The molecule has 0 spiro atoms. The zero-order valence-electron chi connectivity index (χ0n) is 13.8. The van der Waals surface area contributed by atoms with Crippen molar-refractivity contribution in [3.05, 3.63) is 17.6 Å². The molecule has 1 saturated heterocycles. The van der Waals surface area contributed by atoms with Gasteiger partial charge in [0.1, 0.15) is 12.4 Å². The average molecular weight is 307 g/mol. The zero-order valence-corrected chi connectivity index (χ0v) is 13.8. The maximum atomic E-state index is 12.2. The first-order valence-electron chi connectivity index (χ1n) is 7.55. The molecule has 7 nitrogen and oxygen atoms in total. The van der Waals surface area contributed by atoms with E-state index in [-0.39, 0.29) is 18.6 Å². The van der Waals surface area contributed by atoms with Crippen LogP contribution in [0.5, 0.6) is 0 Å². The fourth-order valence-electron chi connectivity index (χ4n) is 2.69. The second kappa shape index (κ2) is 7.51. The van der Waals surface area contributed by atoms with Gasteiger partial charge in [-0.15, -0.1) is 0 Å². The van der Waals surface area contributed by atoms with Crippen LogP contribution in [0.25, 0.3) is 0 Å². The Morgan fingerprint density at radius 2 is 2.27 bits per heavy atom. The van der Waals surface area contributed by atoms with Crippen LogP contribution >= 0.6 is 0 Å². The number of carbonyl (C=O) groups is 1. The van der Waals surface area contributed by atoms with Crippen LogP contribution in [0.4, 0.5) is 5.82 Å². The molecule has 0 bridgehead atoms. The highest BCUT2D eigenvalue weighted by molar-refractivity contribution is 5.78. The number of ether oxygens (including phenoxy) is 1. The molecule has 2 heterocycles. The van der Waals surface area contributed by atoms with E-state index in [0.29, 0.717) is 6.54 Å². The van der Waals surface area contributed by atoms with Gasteiger partial charge in [-0.2, -0.15) is 0 Å². The van der Waals surface area contributed by atoms with Crippen molar-refractivity contribution >= 4 is 11.7 Å². The Morgan fingerprint density at radius 1 is 1.50 bits per heavy atom. The van der Waals surface area contributed by atoms with Gasteiger partial charge in [0.25, 0.3) is 0 Å². The smallest absolute Gasteiger partial charge is 0.249 e. The average Bonchev–Trinajstić information content (AvgIpc) is 2.97. The molecular formula is C15H25N5O2. The monoisotopic (exact) mass is 307 g/mol. The Kier molecular flexibility index (Phi) is 5.68. The van der Waals surface area contributed by atoms with Crippen molar-refractivity contribution in [2.45, 2.75) is 25.4 Å². The summed E-state index contributed by atoms with van der Waals surface area (Å²) in [7, 11) is 7.34. The van der Waals surface area contributed by atoms with E-state index in [1.807, 2.05) is 37.0 Å². The Balaban J connectivity index is 2.31. The van der Waals surface area contributed by atoms with Gasteiger partial charge in [-0.05, 0) is 19.9 Å². The van der Waals surface area contributed by atoms with E-state index in [2.05, 4.69) is 15.3 Å². The molecule has 0 radical (unpaired) electrons. The summed E-state index contributed by atoms with van der Waals surface area (Å²) in [6, 6.07) is 1.91. The quantitative estimate of drug-likeness (QED) is 0.828. The van der Waals surface area contributed by atoms with Gasteiger partial charge in [0.2, 0.25) is 5.91 Å². The van der Waals surface area contributed by atoms with Gasteiger partial charge in [-0.3, -0.25) is 4.79 Å². The molecule has 1 amide bonds. The van der Waals surface area contributed by atoms with Crippen molar-refractivity contribution < 1.29 is 9.53 Å². The maximum Gasteiger partial charge on any atom is 0.249 e. The van der Waals surface area contributed by atoms with Crippen molar-refractivity contribution in [2.24, 2.45) is 0 Å². The summed E-state index contributed by atoms with van der Waals surface area (Å²) in [5.74, 6) is 1.58. The largest absolute Gasteiger partial charge is 0.375 e. The summed E-state index contributed by atoms with van der Waals surface area (Å²) in [5.41, 5.74) is 0.933. The first-order chi connectivity index (χ1) is 10.6. The number of likely N-dealkylation sites (tertiary alicyclic amines) is 1. The van der Waals surface area contributed by atoms with E-state index in [4.69, 9.17) is 4.74 Å². The van der Waals surface area contributed by atoms with Crippen LogP contribution < -0.4 is 10.2 Å². The van der Waals surface area contributed by atoms with Crippen LogP contribution in [-0.2, 0) is 16.1 Å². The number of carbonyl (C=O) groups excluding carboxylic acids is 1. The zero-order chi connectivity index (χ0) is 16.1. The summed E-state index contributed by atoms with van der Waals surface area (Å²) < 4.78 is 4.97. The fraction of sp³-hybridized carbons (Fsp3) is 0.667. The van der Waals surface area contributed by atoms with Gasteiger partial charge in [0.15, 0.2) is 5.82 Å². The van der Waals surface area contributed by atoms with Gasteiger partial charge in [0, 0.05) is 40.4 Å². The number of methoxy groups -OCH3 is 1. The van der Waals surface area contributed by atoms with Crippen molar-refractivity contribution in [3.8, 4) is 0 Å². The minimum atomic E-state index is -0.0573. The lowest BCUT2D eigenvalue weighted by atomic mass is 10.2. The van der Waals surface area contributed by atoms with Gasteiger partial charge in [-0.25, -0.2) is 9.97 Å². The predicted octanol–water partition coefficient (Wildman–Crippen LogP) is 0.572. The number of amides is 1. The van der Waals surface area contributed by atoms with Gasteiger partial charge >= 0.3 is 0 Å². The van der Waals surface area contributed by atoms with Crippen LogP contribution in [0, 0.1) is 0 Å². The molecule has 0 saturated carbocycles. The highest BCUT2D eigenvalue weighted by Crippen LogP contribution is 2.31. The Hall–Kier alpha value is -1.73. The first kappa shape index (κ1) is 16.6. The second-order valence-corrected chi connectivity index (χ2v) is 5.68. The highest BCUT2D eigenvalue weighted by Gasteiger charge is 2.32. The van der Waals surface area contributed by atoms with E-state index in [0.717, 1.165) is 36.7 Å². The lowest BCUT2D eigenvalue weighted by Crippen LogP contribution is -2.34. The molecule has 0 aliphatic carbocycles. The molecule has 2 rings (SSSR count). The fourth-order valence-corrected chi connectivity index (χ4v) is 2.69. The van der Waals surface area contributed by atoms with Crippen LogP contribution in [0.2, 0.25) is 0 Å². The minimum absolute atomic E-state index is 0.000905. The Labute approximate surface area is 131 Å². The molecule has 1 aliphatic rings. The lowest BCUT2D eigenvalue weighted by molar-refractivity contribution is -0.136. The van der Waals surface area contributed by atoms with E-state index < -0.39 is 0 Å². The van der Waals surface area contributed by atoms with Gasteiger partial charge < -0.3 is 19.9 Å². The standard InChI is InChI=1S/C15H25N5O2/c1-16-9-11-8-13(19(2)3)18-15(17-11)12-6-5-7-20(12)14(21)10-22-4/h8,12,16H,5-7,9-10H2,1-4H3. The van der Waals surface area contributed by atoms with E-state index >= 15 is 0 Å². The molecule has 1 fully saturated rings. The summed E-state index contributed by atoms with van der Waals surface area (Å²) in [6.45, 7) is 1.52. The van der Waals surface area contributed by atoms with Crippen LogP contribution in [0.15, 0.2) is 6.07 Å². The number of anilines is 1. The number of hydrogen-bond acceptors (Lipinski definition) is 6. The predicted molar refractivity (Wildman–Crippen MR) is 84.7 cm³/mol. The Morgan fingerprint density at radius 3 is 2.91 bits per heavy atom. The van der Waals surface area contributed by atoms with E-state index in [1.165, 1.54) is 7.11 Å². The van der Waals surface area contributed by atoms with Crippen molar-refractivity contribution in [3.63, 3.8) is 0 Å². The van der Waals surface area contributed by atoms with Crippen LogP contribution in [0.3, 0.4) is 0 Å². The molecule has 1 aromatic rings. The molecule has 1 aliphatic heterocycles. The molecule has 0 aromatic carbocycles. The molecule has 7 heteroatoms. The van der Waals surface area contributed by atoms with E-state index in [1.54, 1.807) is 0 Å². The van der Waals surface area contributed by atoms with Crippen molar-refractivity contribution in [2.75, 3.05) is 46.3 Å². The molecular weight excluding hydrogens is 282 g/mol. The third-order valence-electron chi connectivity index (χ3n) is 3.74. The summed E-state index contributed by atoms with van der Waals surface area (Å²) in [5, 5.41) is 3.11. The Bertz CT molecular complexity index is 521. The first-order valence-corrected chi connectivity index (χ1v) is 7.55. The summed E-state index contributed by atoms with van der Waals surface area (Å²) >= 11 is 0. The molecule has 122 valence electrons. The third kappa shape index (κ3) is 3.72. The number of nitrogens with zero attached hydrogens (tertiary/aromatic N) is 4. The normalized spacial score (nSPS) is 17.8. The number of rotatable bonds is 6. The van der Waals surface area contributed by atoms with Crippen molar-refractivity contribution in [1.29, 1.82) is 0 Å². The van der Waals surface area contributed by atoms with Gasteiger partial charge in [-0.1, -0.05) is 0 Å². The summed E-state index contributed by atoms with van der Waals surface area (Å²) in [4.78, 5) is 25.3. The molecule has 22 heavy (non-hydrogen) atoms. The highest BCUT2D eigenvalue weighted by atomic mass is 16.5. The number of nitrogens with one attached hydrogen (secondary N) is 1. The third-order valence-corrected chi connectivity index (χ3v) is 3.74.